The highest BCUT2D eigenvalue weighted by atomic mass is 35.5. The summed E-state index contributed by atoms with van der Waals surface area (Å²) in [5, 5.41) is 10.6. The lowest BCUT2D eigenvalue weighted by atomic mass is 10.3. The number of halogens is 2. The lowest BCUT2D eigenvalue weighted by molar-refractivity contribution is -0.352. The highest BCUT2D eigenvalue weighted by molar-refractivity contribution is 6.32. The zero-order chi connectivity index (χ0) is 8.43. The Kier molecular flexibility index (Phi) is 2.10. The van der Waals surface area contributed by atoms with Crippen LogP contribution in [0, 0.1) is 11.0 Å². The van der Waals surface area contributed by atoms with E-state index < -0.39 is 5.82 Å². The van der Waals surface area contributed by atoms with Crippen molar-refractivity contribution in [1.29, 1.82) is 0 Å². The first-order valence-electron chi connectivity index (χ1n) is 2.84. The maximum atomic E-state index is 12.7. The molecule has 1 aromatic rings. The van der Waals surface area contributed by atoms with E-state index in [9.17, 15) is 9.60 Å². The smallest absolute Gasteiger partial charge is 0.270 e. The van der Waals surface area contributed by atoms with Crippen LogP contribution in [0.25, 0.3) is 0 Å². The summed E-state index contributed by atoms with van der Waals surface area (Å²) < 4.78 is 12.9. The molecule has 0 heterocycles. The third-order valence-electron chi connectivity index (χ3n) is 1.19. The van der Waals surface area contributed by atoms with E-state index in [1.54, 1.807) is 0 Å². The second kappa shape index (κ2) is 2.88. The molecule has 4 heteroatoms. The Morgan fingerprint density at radius 2 is 2.18 bits per heavy atom. The van der Waals surface area contributed by atoms with Crippen LogP contribution in [0.2, 0.25) is 5.02 Å². The Morgan fingerprint density at radius 3 is 2.55 bits per heavy atom. The number of rotatable bonds is 1. The van der Waals surface area contributed by atoms with E-state index in [2.05, 4.69) is 6.72 Å². The van der Waals surface area contributed by atoms with Crippen LogP contribution in [-0.2, 0) is 0 Å². The van der Waals surface area contributed by atoms with Gasteiger partial charge in [-0.3, -0.25) is 0 Å². The van der Waals surface area contributed by atoms with Crippen molar-refractivity contribution in [3.05, 3.63) is 34.2 Å². The summed E-state index contributed by atoms with van der Waals surface area (Å²) in [7, 11) is 0. The Balaban J connectivity index is 3.32. The largest absolute Gasteiger partial charge is 0.619 e. The van der Waals surface area contributed by atoms with Gasteiger partial charge in [0, 0.05) is 0 Å². The van der Waals surface area contributed by atoms with Gasteiger partial charge in [0.25, 0.3) is 5.69 Å². The van der Waals surface area contributed by atoms with Crippen molar-refractivity contribution >= 4 is 24.0 Å². The SMILES string of the molecule is C=[N+]([O-])c1c(F)cccc1Cl. The predicted molar refractivity (Wildman–Crippen MR) is 41.8 cm³/mol. The molecule has 0 atom stereocenters. The monoisotopic (exact) mass is 173 g/mol. The van der Waals surface area contributed by atoms with Crippen molar-refractivity contribution in [2.75, 3.05) is 0 Å². The topological polar surface area (TPSA) is 26.1 Å². The Labute approximate surface area is 68.1 Å². The van der Waals surface area contributed by atoms with Crippen molar-refractivity contribution in [3.8, 4) is 0 Å². The van der Waals surface area contributed by atoms with Gasteiger partial charge < -0.3 is 5.21 Å². The van der Waals surface area contributed by atoms with Crippen molar-refractivity contribution in [2.45, 2.75) is 0 Å². The van der Waals surface area contributed by atoms with Gasteiger partial charge in [0.05, 0.1) is 0 Å². The summed E-state index contributed by atoms with van der Waals surface area (Å²) in [5.41, 5.74) is -0.228. The van der Waals surface area contributed by atoms with Crippen LogP contribution in [0.15, 0.2) is 18.2 Å². The molecule has 0 radical (unpaired) electrons. The molecule has 0 fully saturated rings. The minimum absolute atomic E-state index is 0.0648. The van der Waals surface area contributed by atoms with E-state index in [-0.39, 0.29) is 15.4 Å². The number of nitrogens with zero attached hydrogens (tertiary/aromatic N) is 1. The fourth-order valence-electron chi connectivity index (χ4n) is 0.727. The summed E-state index contributed by atoms with van der Waals surface area (Å²) in [6.45, 7) is 2.98. The molecule has 0 N–H and O–H groups in total. The van der Waals surface area contributed by atoms with Crippen molar-refractivity contribution < 1.29 is 9.13 Å². The second-order valence-electron chi connectivity index (χ2n) is 1.95. The van der Waals surface area contributed by atoms with Gasteiger partial charge in [0.1, 0.15) is 11.7 Å². The van der Waals surface area contributed by atoms with E-state index in [0.717, 1.165) is 6.07 Å². The fourth-order valence-corrected chi connectivity index (χ4v) is 0.985. The molecule has 2 nitrogen and oxygen atoms in total. The molecule has 0 unspecified atom stereocenters. The summed E-state index contributed by atoms with van der Waals surface area (Å²) >= 11 is 5.50. The third kappa shape index (κ3) is 1.49. The molecule has 11 heavy (non-hydrogen) atoms. The molecule has 0 aliphatic carbocycles. The van der Waals surface area contributed by atoms with Crippen LogP contribution in [0.5, 0.6) is 0 Å². The molecule has 0 saturated heterocycles. The van der Waals surface area contributed by atoms with Gasteiger partial charge in [-0.15, -0.1) is 0 Å². The summed E-state index contributed by atoms with van der Waals surface area (Å²) in [5.74, 6) is -0.664. The van der Waals surface area contributed by atoms with Crippen molar-refractivity contribution in [1.82, 2.24) is 0 Å². The maximum absolute atomic E-state index is 12.7. The molecule has 0 aliphatic heterocycles. The van der Waals surface area contributed by atoms with Gasteiger partial charge in [0.2, 0.25) is 0 Å². The first-order valence-corrected chi connectivity index (χ1v) is 3.22. The quantitative estimate of drug-likeness (QED) is 0.277. The molecule has 0 bridgehead atoms. The van der Waals surface area contributed by atoms with Crippen molar-refractivity contribution in [2.24, 2.45) is 0 Å². The van der Waals surface area contributed by atoms with Crippen LogP contribution < -0.4 is 0 Å². The molecule has 0 amide bonds. The van der Waals surface area contributed by atoms with Crippen LogP contribution >= 0.6 is 11.6 Å². The number of para-hydroxylation sites is 1. The van der Waals surface area contributed by atoms with Gasteiger partial charge >= 0.3 is 0 Å². The van der Waals surface area contributed by atoms with Gasteiger partial charge in [-0.1, -0.05) is 17.7 Å². The Hall–Kier alpha value is -1.09. The third-order valence-corrected chi connectivity index (χ3v) is 1.49. The van der Waals surface area contributed by atoms with E-state index in [1.165, 1.54) is 12.1 Å². The second-order valence-corrected chi connectivity index (χ2v) is 2.36. The highest BCUT2D eigenvalue weighted by Gasteiger charge is 2.12. The molecule has 0 aromatic heterocycles. The van der Waals surface area contributed by atoms with Gasteiger partial charge in [0.15, 0.2) is 5.82 Å². The van der Waals surface area contributed by atoms with E-state index in [4.69, 9.17) is 11.6 Å². The lowest BCUT2D eigenvalue weighted by Gasteiger charge is -2.02. The molecular formula is C7H5ClFNO. The van der Waals surface area contributed by atoms with Crippen LogP contribution in [-0.4, -0.2) is 11.5 Å². The minimum Gasteiger partial charge on any atom is -0.619 e. The van der Waals surface area contributed by atoms with E-state index >= 15 is 0 Å². The summed E-state index contributed by atoms with van der Waals surface area (Å²) in [6.07, 6.45) is 0. The minimum atomic E-state index is -0.664. The van der Waals surface area contributed by atoms with Crippen molar-refractivity contribution in [3.63, 3.8) is 0 Å². The molecule has 0 aliphatic rings. The average molecular weight is 174 g/mol. The Morgan fingerprint density at radius 1 is 1.55 bits per heavy atom. The molecule has 1 rings (SSSR count). The van der Waals surface area contributed by atoms with Crippen LogP contribution in [0.1, 0.15) is 0 Å². The van der Waals surface area contributed by atoms with Gasteiger partial charge in [-0.05, 0) is 12.1 Å². The summed E-state index contributed by atoms with van der Waals surface area (Å²) in [4.78, 5) is 0. The maximum Gasteiger partial charge on any atom is 0.270 e. The number of hydrogen-bond donors (Lipinski definition) is 0. The number of hydrogen-bond acceptors (Lipinski definition) is 1. The lowest BCUT2D eigenvalue weighted by Crippen LogP contribution is -1.93. The van der Waals surface area contributed by atoms with Gasteiger partial charge in [-0.25, -0.2) is 0 Å². The molecule has 58 valence electrons. The molecule has 0 spiro atoms. The molecule has 0 saturated carbocycles. The van der Waals surface area contributed by atoms with E-state index in [1.807, 2.05) is 0 Å². The first-order chi connectivity index (χ1) is 5.13. The van der Waals surface area contributed by atoms with Crippen LogP contribution in [0.3, 0.4) is 0 Å². The summed E-state index contributed by atoms with van der Waals surface area (Å²) in [6, 6.07) is 4.00. The van der Waals surface area contributed by atoms with E-state index in [0.29, 0.717) is 0 Å². The fraction of sp³-hybridized carbons (Fsp3) is 0. The zero-order valence-corrected chi connectivity index (χ0v) is 6.31. The van der Waals surface area contributed by atoms with Crippen LogP contribution in [0.4, 0.5) is 10.1 Å². The molecular weight excluding hydrogens is 169 g/mol. The Bertz CT molecular complexity index is 280. The van der Waals surface area contributed by atoms with Gasteiger partial charge in [-0.2, -0.15) is 9.13 Å². The predicted octanol–water partition coefficient (Wildman–Crippen LogP) is 2.32. The zero-order valence-electron chi connectivity index (χ0n) is 5.55. The normalized spacial score (nSPS) is 9.64. The highest BCUT2D eigenvalue weighted by Crippen LogP contribution is 2.25. The number of benzene rings is 1. The standard InChI is InChI=1S/C7H5ClFNO/c1-10(11)7-5(8)3-2-4-6(7)9/h2-4H,1H2. The first kappa shape index (κ1) is 8.01. The molecule has 1 aromatic carbocycles. The average Bonchev–Trinajstić information content (AvgIpc) is 1.85.